The highest BCUT2D eigenvalue weighted by molar-refractivity contribution is 5.94. The Kier molecular flexibility index (Phi) is 4.71. The lowest BCUT2D eigenvalue weighted by Crippen LogP contribution is -2.28. The van der Waals surface area contributed by atoms with E-state index < -0.39 is 5.76 Å². The van der Waals surface area contributed by atoms with Crippen LogP contribution in [0.15, 0.2) is 63.9 Å². The van der Waals surface area contributed by atoms with E-state index in [1.165, 1.54) is 0 Å². The van der Waals surface area contributed by atoms with E-state index in [4.69, 9.17) is 4.74 Å². The number of rotatable bonds is 6. The SMILES string of the molecule is O=C(NCCOc1ccccc1)c1ccc(-c2noc(=O)[nH]2)cc1. The number of H-pyrrole nitrogens is 1. The van der Waals surface area contributed by atoms with Gasteiger partial charge >= 0.3 is 5.76 Å². The zero-order valence-corrected chi connectivity index (χ0v) is 12.7. The second-order valence-corrected chi connectivity index (χ2v) is 4.94. The molecule has 0 aliphatic rings. The molecule has 0 unspecified atom stereocenters. The highest BCUT2D eigenvalue weighted by Gasteiger charge is 2.08. The number of benzene rings is 2. The summed E-state index contributed by atoms with van der Waals surface area (Å²) < 4.78 is 9.95. The van der Waals surface area contributed by atoms with Crippen LogP contribution in [0, 0.1) is 0 Å². The summed E-state index contributed by atoms with van der Waals surface area (Å²) in [5, 5.41) is 6.37. The summed E-state index contributed by atoms with van der Waals surface area (Å²) in [4.78, 5) is 25.4. The van der Waals surface area contributed by atoms with Crippen LogP contribution in [-0.2, 0) is 0 Å². The van der Waals surface area contributed by atoms with E-state index in [0.29, 0.717) is 30.1 Å². The van der Waals surface area contributed by atoms with Gasteiger partial charge in [-0.25, -0.2) is 4.79 Å². The minimum Gasteiger partial charge on any atom is -0.492 e. The van der Waals surface area contributed by atoms with Gasteiger partial charge in [0.25, 0.3) is 5.91 Å². The Bertz CT molecular complexity index is 853. The molecule has 122 valence electrons. The summed E-state index contributed by atoms with van der Waals surface area (Å²) >= 11 is 0. The van der Waals surface area contributed by atoms with Crippen molar-refractivity contribution in [1.29, 1.82) is 0 Å². The predicted octanol–water partition coefficient (Wildman–Crippen LogP) is 1.84. The highest BCUT2D eigenvalue weighted by atomic mass is 16.5. The van der Waals surface area contributed by atoms with Gasteiger partial charge in [0.1, 0.15) is 12.4 Å². The Morgan fingerprint density at radius 1 is 1.12 bits per heavy atom. The first-order chi connectivity index (χ1) is 11.7. The van der Waals surface area contributed by atoms with Crippen molar-refractivity contribution in [3.05, 3.63) is 70.7 Å². The molecule has 3 aromatic rings. The van der Waals surface area contributed by atoms with Crippen molar-refractivity contribution in [1.82, 2.24) is 15.5 Å². The maximum absolute atomic E-state index is 12.0. The van der Waals surface area contributed by atoms with Crippen LogP contribution in [0.3, 0.4) is 0 Å². The van der Waals surface area contributed by atoms with Gasteiger partial charge in [-0.05, 0) is 24.3 Å². The average Bonchev–Trinajstić information content (AvgIpc) is 3.06. The van der Waals surface area contributed by atoms with E-state index >= 15 is 0 Å². The maximum Gasteiger partial charge on any atom is 0.439 e. The third-order valence-corrected chi connectivity index (χ3v) is 3.26. The fourth-order valence-electron chi connectivity index (χ4n) is 2.09. The number of nitrogens with one attached hydrogen (secondary N) is 2. The minimum absolute atomic E-state index is 0.202. The fourth-order valence-corrected chi connectivity index (χ4v) is 2.09. The lowest BCUT2D eigenvalue weighted by Gasteiger charge is -2.08. The van der Waals surface area contributed by atoms with Gasteiger partial charge in [0.15, 0.2) is 5.82 Å². The lowest BCUT2D eigenvalue weighted by atomic mass is 10.1. The van der Waals surface area contributed by atoms with Crippen molar-refractivity contribution < 1.29 is 14.1 Å². The van der Waals surface area contributed by atoms with Crippen LogP contribution in [-0.4, -0.2) is 29.2 Å². The molecule has 1 heterocycles. The summed E-state index contributed by atoms with van der Waals surface area (Å²) in [5.74, 6) is 0.262. The van der Waals surface area contributed by atoms with Gasteiger partial charge in [-0.1, -0.05) is 35.5 Å². The van der Waals surface area contributed by atoms with Gasteiger partial charge in [-0.2, -0.15) is 0 Å². The lowest BCUT2D eigenvalue weighted by molar-refractivity contribution is 0.0947. The molecular weight excluding hydrogens is 310 g/mol. The molecule has 0 spiro atoms. The van der Waals surface area contributed by atoms with Crippen molar-refractivity contribution in [2.45, 2.75) is 0 Å². The first-order valence-electron chi connectivity index (χ1n) is 7.35. The molecule has 7 nitrogen and oxygen atoms in total. The molecule has 3 rings (SSSR count). The Hall–Kier alpha value is -3.35. The molecule has 7 heteroatoms. The molecular formula is C17H15N3O4. The molecule has 24 heavy (non-hydrogen) atoms. The van der Waals surface area contributed by atoms with Crippen molar-refractivity contribution >= 4 is 5.91 Å². The molecule has 0 bridgehead atoms. The van der Waals surface area contributed by atoms with E-state index in [1.807, 2.05) is 30.3 Å². The Morgan fingerprint density at radius 3 is 2.54 bits per heavy atom. The van der Waals surface area contributed by atoms with Gasteiger partial charge in [-0.15, -0.1) is 0 Å². The number of hydrogen-bond donors (Lipinski definition) is 2. The molecule has 0 fully saturated rings. The molecule has 0 aliphatic carbocycles. The van der Waals surface area contributed by atoms with Crippen molar-refractivity contribution in [2.75, 3.05) is 13.2 Å². The van der Waals surface area contributed by atoms with E-state index in [-0.39, 0.29) is 5.91 Å². The molecule has 0 atom stereocenters. The third-order valence-electron chi connectivity index (χ3n) is 3.26. The molecule has 2 aromatic carbocycles. The number of aromatic nitrogens is 2. The fraction of sp³-hybridized carbons (Fsp3) is 0.118. The van der Waals surface area contributed by atoms with Crippen LogP contribution in [0.25, 0.3) is 11.4 Å². The van der Waals surface area contributed by atoms with Gasteiger partial charge in [-0.3, -0.25) is 14.3 Å². The van der Waals surface area contributed by atoms with Gasteiger partial charge < -0.3 is 10.1 Å². The number of carbonyl (C=O) groups is 1. The largest absolute Gasteiger partial charge is 0.492 e. The molecule has 0 saturated carbocycles. The van der Waals surface area contributed by atoms with Crippen LogP contribution in [0.5, 0.6) is 5.75 Å². The zero-order chi connectivity index (χ0) is 16.8. The zero-order valence-electron chi connectivity index (χ0n) is 12.7. The van der Waals surface area contributed by atoms with Crippen LogP contribution in [0.4, 0.5) is 0 Å². The summed E-state index contributed by atoms with van der Waals surface area (Å²) in [6.07, 6.45) is 0. The van der Waals surface area contributed by atoms with E-state index in [0.717, 1.165) is 5.75 Å². The Morgan fingerprint density at radius 2 is 1.88 bits per heavy atom. The molecule has 1 aromatic heterocycles. The number of hydrogen-bond acceptors (Lipinski definition) is 5. The topological polar surface area (TPSA) is 97.2 Å². The summed E-state index contributed by atoms with van der Waals surface area (Å²) in [6.45, 7) is 0.778. The second kappa shape index (κ2) is 7.28. The Balaban J connectivity index is 1.51. The van der Waals surface area contributed by atoms with Crippen LogP contribution < -0.4 is 15.8 Å². The number of ether oxygens (including phenoxy) is 1. The van der Waals surface area contributed by atoms with Crippen LogP contribution >= 0.6 is 0 Å². The smallest absolute Gasteiger partial charge is 0.439 e. The van der Waals surface area contributed by atoms with Crippen molar-refractivity contribution in [2.24, 2.45) is 0 Å². The van der Waals surface area contributed by atoms with Crippen molar-refractivity contribution in [3.8, 4) is 17.1 Å². The van der Waals surface area contributed by atoms with Gasteiger partial charge in [0.2, 0.25) is 0 Å². The minimum atomic E-state index is -0.620. The molecule has 2 N–H and O–H groups in total. The third kappa shape index (κ3) is 3.89. The number of para-hydroxylation sites is 1. The van der Waals surface area contributed by atoms with Gasteiger partial charge in [0.05, 0.1) is 6.54 Å². The quantitative estimate of drug-likeness (QED) is 0.674. The van der Waals surface area contributed by atoms with Crippen molar-refractivity contribution in [3.63, 3.8) is 0 Å². The number of amides is 1. The van der Waals surface area contributed by atoms with Gasteiger partial charge in [0, 0.05) is 11.1 Å². The Labute approximate surface area is 137 Å². The summed E-state index contributed by atoms with van der Waals surface area (Å²) in [6, 6.07) is 16.1. The maximum atomic E-state index is 12.0. The molecule has 0 radical (unpaired) electrons. The summed E-state index contributed by atoms with van der Waals surface area (Å²) in [7, 11) is 0. The van der Waals surface area contributed by atoms with E-state index in [1.54, 1.807) is 24.3 Å². The molecule has 1 amide bonds. The number of nitrogens with zero attached hydrogens (tertiary/aromatic N) is 1. The first kappa shape index (κ1) is 15.5. The average molecular weight is 325 g/mol. The monoisotopic (exact) mass is 325 g/mol. The normalized spacial score (nSPS) is 10.3. The van der Waals surface area contributed by atoms with Crippen LogP contribution in [0.1, 0.15) is 10.4 Å². The van der Waals surface area contributed by atoms with Crippen LogP contribution in [0.2, 0.25) is 0 Å². The molecule has 0 saturated heterocycles. The highest BCUT2D eigenvalue weighted by Crippen LogP contribution is 2.14. The standard InChI is InChI=1S/C17H15N3O4/c21-16(18-10-11-23-14-4-2-1-3-5-14)13-8-6-12(7-9-13)15-19-17(22)24-20-15/h1-9H,10-11H2,(H,18,21)(H,19,20,22). The number of carbonyl (C=O) groups excluding carboxylic acids is 1. The number of aromatic amines is 1. The second-order valence-electron chi connectivity index (χ2n) is 4.94. The first-order valence-corrected chi connectivity index (χ1v) is 7.35. The van der Waals surface area contributed by atoms with E-state index in [9.17, 15) is 9.59 Å². The molecule has 0 aliphatic heterocycles. The predicted molar refractivity (Wildman–Crippen MR) is 86.8 cm³/mol. The summed E-state index contributed by atoms with van der Waals surface area (Å²) in [5.41, 5.74) is 1.16. The van der Waals surface area contributed by atoms with E-state index in [2.05, 4.69) is 20.0 Å².